The van der Waals surface area contributed by atoms with Gasteiger partial charge in [0.2, 0.25) is 0 Å². The van der Waals surface area contributed by atoms with Gasteiger partial charge in [0.05, 0.1) is 6.10 Å². The molecule has 0 aromatic rings. The average molecular weight is 209 g/mol. The first-order valence-corrected chi connectivity index (χ1v) is 6.62. The summed E-state index contributed by atoms with van der Waals surface area (Å²) in [5, 5.41) is 3.80. The van der Waals surface area contributed by atoms with Crippen molar-refractivity contribution in [2.75, 3.05) is 6.61 Å². The minimum absolute atomic E-state index is 0.533. The number of hydrogen-bond donors (Lipinski definition) is 1. The van der Waals surface area contributed by atoms with Crippen LogP contribution in [0.25, 0.3) is 0 Å². The summed E-state index contributed by atoms with van der Waals surface area (Å²) in [4.78, 5) is 0. The molecule has 2 nitrogen and oxygen atoms in total. The third-order valence-electron chi connectivity index (χ3n) is 4.80. The van der Waals surface area contributed by atoms with Crippen LogP contribution in [0.15, 0.2) is 0 Å². The maximum Gasteiger partial charge on any atom is 0.0690 e. The molecule has 2 aliphatic carbocycles. The molecule has 0 amide bonds. The monoisotopic (exact) mass is 209 g/mol. The van der Waals surface area contributed by atoms with Gasteiger partial charge in [-0.15, -0.1) is 0 Å². The molecule has 0 radical (unpaired) electrons. The lowest BCUT2D eigenvalue weighted by atomic mass is 9.54. The lowest BCUT2D eigenvalue weighted by Crippen LogP contribution is -2.68. The third kappa shape index (κ3) is 1.31. The molecule has 3 aliphatic rings. The normalized spacial score (nSPS) is 42.2. The molecule has 3 atom stereocenters. The minimum atomic E-state index is 0.533. The van der Waals surface area contributed by atoms with Gasteiger partial charge in [0, 0.05) is 30.0 Å². The van der Waals surface area contributed by atoms with E-state index in [1.165, 1.54) is 32.1 Å². The Labute approximate surface area is 92.8 Å². The smallest absolute Gasteiger partial charge is 0.0690 e. The summed E-state index contributed by atoms with van der Waals surface area (Å²) in [6.45, 7) is 5.55. The second kappa shape index (κ2) is 3.46. The number of rotatable bonds is 2. The maximum atomic E-state index is 5.96. The van der Waals surface area contributed by atoms with Crippen molar-refractivity contribution < 1.29 is 4.74 Å². The van der Waals surface area contributed by atoms with Gasteiger partial charge < -0.3 is 10.1 Å². The molecule has 1 N–H and O–H groups in total. The molecular weight excluding hydrogens is 186 g/mol. The van der Waals surface area contributed by atoms with E-state index in [0.717, 1.165) is 18.6 Å². The van der Waals surface area contributed by atoms with Crippen LogP contribution in [0.4, 0.5) is 0 Å². The second-order valence-corrected chi connectivity index (χ2v) is 5.98. The van der Waals surface area contributed by atoms with E-state index in [2.05, 4.69) is 19.2 Å². The van der Waals surface area contributed by atoms with Gasteiger partial charge >= 0.3 is 0 Å². The summed E-state index contributed by atoms with van der Waals surface area (Å²) in [7, 11) is 0. The van der Waals surface area contributed by atoms with Crippen molar-refractivity contribution in [2.24, 2.45) is 11.3 Å². The highest BCUT2D eigenvalue weighted by Gasteiger charge is 2.64. The number of ether oxygens (including phenoxy) is 1. The van der Waals surface area contributed by atoms with Crippen LogP contribution in [0, 0.1) is 11.3 Å². The molecule has 0 aromatic carbocycles. The van der Waals surface area contributed by atoms with Crippen molar-refractivity contribution in [3.05, 3.63) is 0 Å². The molecule has 86 valence electrons. The van der Waals surface area contributed by atoms with Crippen LogP contribution < -0.4 is 5.32 Å². The fraction of sp³-hybridized carbons (Fsp3) is 1.00. The zero-order chi connectivity index (χ0) is 10.5. The zero-order valence-electron chi connectivity index (χ0n) is 9.96. The van der Waals surface area contributed by atoms with Crippen LogP contribution in [0.2, 0.25) is 0 Å². The van der Waals surface area contributed by atoms with E-state index in [4.69, 9.17) is 4.74 Å². The van der Waals surface area contributed by atoms with Crippen molar-refractivity contribution in [1.82, 2.24) is 5.32 Å². The number of fused-ring (bicyclic) bond motifs is 2. The quantitative estimate of drug-likeness (QED) is 0.753. The molecule has 3 unspecified atom stereocenters. The highest BCUT2D eigenvalue weighted by Crippen LogP contribution is 2.60. The fourth-order valence-corrected chi connectivity index (χ4v) is 4.30. The first-order chi connectivity index (χ1) is 7.24. The van der Waals surface area contributed by atoms with E-state index in [1.54, 1.807) is 0 Å². The summed E-state index contributed by atoms with van der Waals surface area (Å²) < 4.78 is 5.96. The molecule has 1 heterocycles. The van der Waals surface area contributed by atoms with E-state index in [0.29, 0.717) is 17.6 Å². The highest BCUT2D eigenvalue weighted by molar-refractivity contribution is 5.16. The van der Waals surface area contributed by atoms with Gasteiger partial charge in [-0.2, -0.15) is 0 Å². The first-order valence-electron chi connectivity index (χ1n) is 6.62. The molecule has 15 heavy (non-hydrogen) atoms. The van der Waals surface area contributed by atoms with Crippen molar-refractivity contribution >= 4 is 0 Å². The van der Waals surface area contributed by atoms with Crippen LogP contribution in [0.3, 0.4) is 0 Å². The molecule has 1 spiro atoms. The minimum Gasteiger partial charge on any atom is -0.377 e. The summed E-state index contributed by atoms with van der Waals surface area (Å²) >= 11 is 0. The van der Waals surface area contributed by atoms with Crippen LogP contribution in [0.1, 0.15) is 46.0 Å². The van der Waals surface area contributed by atoms with E-state index >= 15 is 0 Å². The Hall–Kier alpha value is -0.0800. The third-order valence-corrected chi connectivity index (χ3v) is 4.80. The lowest BCUT2D eigenvalue weighted by molar-refractivity contribution is -0.132. The van der Waals surface area contributed by atoms with Crippen LogP contribution in [0.5, 0.6) is 0 Å². The van der Waals surface area contributed by atoms with Gasteiger partial charge in [-0.1, -0.05) is 26.7 Å². The van der Waals surface area contributed by atoms with E-state index in [9.17, 15) is 0 Å². The van der Waals surface area contributed by atoms with Crippen LogP contribution in [-0.4, -0.2) is 24.8 Å². The van der Waals surface area contributed by atoms with Crippen molar-refractivity contribution in [3.8, 4) is 0 Å². The lowest BCUT2D eigenvalue weighted by Gasteiger charge is -2.57. The fourth-order valence-electron chi connectivity index (χ4n) is 4.30. The van der Waals surface area contributed by atoms with Gasteiger partial charge in [-0.25, -0.2) is 0 Å². The van der Waals surface area contributed by atoms with Crippen molar-refractivity contribution in [3.63, 3.8) is 0 Å². The molecule has 2 saturated carbocycles. The Morgan fingerprint density at radius 2 is 2.00 bits per heavy atom. The molecule has 1 saturated heterocycles. The Kier molecular flexibility index (Phi) is 2.33. The molecule has 2 heteroatoms. The summed E-state index contributed by atoms with van der Waals surface area (Å²) in [5.41, 5.74) is 0.533. The highest BCUT2D eigenvalue weighted by atomic mass is 16.5. The molecule has 0 aromatic heterocycles. The van der Waals surface area contributed by atoms with Gasteiger partial charge in [-0.05, 0) is 19.3 Å². The summed E-state index contributed by atoms with van der Waals surface area (Å²) in [6.07, 6.45) is 7.54. The Bertz CT molecular complexity index is 245. The summed E-state index contributed by atoms with van der Waals surface area (Å²) in [6, 6.07) is 1.38. The Balaban J connectivity index is 1.79. The predicted molar refractivity (Wildman–Crippen MR) is 60.8 cm³/mol. The second-order valence-electron chi connectivity index (χ2n) is 5.98. The summed E-state index contributed by atoms with van der Waals surface area (Å²) in [5.74, 6) is 0.825. The largest absolute Gasteiger partial charge is 0.377 e. The number of nitrogens with one attached hydrogen (secondary N) is 1. The van der Waals surface area contributed by atoms with E-state index in [1.807, 2.05) is 0 Å². The predicted octanol–water partition coefficient (Wildman–Crippen LogP) is 2.33. The Morgan fingerprint density at radius 1 is 1.27 bits per heavy atom. The topological polar surface area (TPSA) is 21.3 Å². The van der Waals surface area contributed by atoms with Crippen LogP contribution in [-0.2, 0) is 4.74 Å². The van der Waals surface area contributed by atoms with Crippen LogP contribution >= 0.6 is 0 Å². The van der Waals surface area contributed by atoms with Gasteiger partial charge in [0.15, 0.2) is 0 Å². The molecule has 1 aliphatic heterocycles. The van der Waals surface area contributed by atoms with E-state index < -0.39 is 0 Å². The molecule has 0 bridgehead atoms. The van der Waals surface area contributed by atoms with Crippen molar-refractivity contribution in [1.29, 1.82) is 0 Å². The standard InChI is InChI=1S/C13H23NO/c1-9(2)14-11-10-5-8-15-12(10)13(11)6-3-4-7-13/h9-12,14H,3-8H2,1-2H3. The average Bonchev–Trinajstić information content (AvgIpc) is 2.82. The van der Waals surface area contributed by atoms with Gasteiger partial charge in [-0.3, -0.25) is 0 Å². The zero-order valence-corrected chi connectivity index (χ0v) is 9.96. The van der Waals surface area contributed by atoms with E-state index in [-0.39, 0.29) is 0 Å². The SMILES string of the molecule is CC(C)NC1C2CCOC2C12CCCC2. The first kappa shape index (κ1) is 10.1. The molecule has 3 fully saturated rings. The molecule has 3 rings (SSSR count). The van der Waals surface area contributed by atoms with Crippen molar-refractivity contribution in [2.45, 2.75) is 64.1 Å². The number of hydrogen-bond acceptors (Lipinski definition) is 2. The molecular formula is C13H23NO. The Morgan fingerprint density at radius 3 is 2.67 bits per heavy atom. The van der Waals surface area contributed by atoms with Gasteiger partial charge in [0.1, 0.15) is 0 Å². The van der Waals surface area contributed by atoms with Gasteiger partial charge in [0.25, 0.3) is 0 Å². The maximum absolute atomic E-state index is 5.96.